The van der Waals surface area contributed by atoms with Crippen LogP contribution in [0.3, 0.4) is 0 Å². The fraction of sp³-hybridized carbons (Fsp3) is 0.250. The Morgan fingerprint density at radius 1 is 1.21 bits per heavy atom. The number of hydrogen-bond acceptors (Lipinski definition) is 7. The highest BCUT2D eigenvalue weighted by Crippen LogP contribution is 2.41. The number of allylic oxidation sites excluding steroid dienone is 2. The van der Waals surface area contributed by atoms with Crippen LogP contribution in [-0.4, -0.2) is 39.7 Å². The van der Waals surface area contributed by atoms with Crippen LogP contribution in [0.2, 0.25) is 0 Å². The van der Waals surface area contributed by atoms with Crippen LogP contribution >= 0.6 is 0 Å². The smallest absolute Gasteiger partial charge is 0.255 e. The molecule has 0 saturated heterocycles. The highest BCUT2D eigenvalue weighted by Gasteiger charge is 2.28. The van der Waals surface area contributed by atoms with E-state index in [1.54, 1.807) is 42.5 Å². The summed E-state index contributed by atoms with van der Waals surface area (Å²) in [6.07, 6.45) is 8.59. The standard InChI is InChI=1S/C24H25N5O4/c1-2-3-4-5-6-7-15-31-18-13-11-17(12-14-18)24(30)25-19-9-8-10-20-22(19)33-21(16-32-20)23-26-28-29-27-23/h2,6-14,21H,1,3-5,15-16H2,(H,25,30)(H,26,27,28,29)/b7-6+. The van der Waals surface area contributed by atoms with E-state index in [1.807, 2.05) is 12.2 Å². The van der Waals surface area contributed by atoms with Gasteiger partial charge in [-0.25, -0.2) is 0 Å². The second-order valence-electron chi connectivity index (χ2n) is 7.30. The van der Waals surface area contributed by atoms with Gasteiger partial charge in [0.1, 0.15) is 19.0 Å². The van der Waals surface area contributed by atoms with E-state index in [0.29, 0.717) is 40.9 Å². The van der Waals surface area contributed by atoms with Crippen LogP contribution in [0.1, 0.15) is 41.5 Å². The van der Waals surface area contributed by atoms with E-state index in [0.717, 1.165) is 19.3 Å². The number of nitrogens with one attached hydrogen (secondary N) is 2. The summed E-state index contributed by atoms with van der Waals surface area (Å²) in [6, 6.07) is 12.3. The molecule has 170 valence electrons. The number of anilines is 1. The minimum atomic E-state index is -0.526. The summed E-state index contributed by atoms with van der Waals surface area (Å²) < 4.78 is 17.4. The summed E-state index contributed by atoms with van der Waals surface area (Å²) in [6.45, 7) is 4.44. The van der Waals surface area contributed by atoms with Gasteiger partial charge in [0.15, 0.2) is 17.6 Å². The zero-order valence-electron chi connectivity index (χ0n) is 18.1. The number of ether oxygens (including phenoxy) is 3. The van der Waals surface area contributed by atoms with Crippen LogP contribution in [0.15, 0.2) is 67.3 Å². The molecule has 9 heteroatoms. The lowest BCUT2D eigenvalue weighted by atomic mass is 10.2. The van der Waals surface area contributed by atoms with Crippen LogP contribution in [0.4, 0.5) is 5.69 Å². The van der Waals surface area contributed by atoms with Crippen molar-refractivity contribution in [3.05, 3.63) is 78.7 Å². The number of tetrazole rings is 1. The molecule has 0 saturated carbocycles. The van der Waals surface area contributed by atoms with Crippen LogP contribution in [0.25, 0.3) is 0 Å². The molecule has 2 heterocycles. The number of aromatic nitrogens is 4. The molecule has 4 rings (SSSR count). The SMILES string of the molecule is C=CCCC/C=C/COc1ccc(C(=O)Nc2cccc3c2OC(c2nn[nH]n2)CO3)cc1. The van der Waals surface area contributed by atoms with E-state index < -0.39 is 6.10 Å². The Labute approximate surface area is 191 Å². The van der Waals surface area contributed by atoms with E-state index >= 15 is 0 Å². The Morgan fingerprint density at radius 3 is 2.88 bits per heavy atom. The predicted octanol–water partition coefficient (Wildman–Crippen LogP) is 4.26. The number of aromatic amines is 1. The minimum Gasteiger partial charge on any atom is -0.490 e. The average Bonchev–Trinajstić information content (AvgIpc) is 3.39. The van der Waals surface area contributed by atoms with E-state index in [4.69, 9.17) is 14.2 Å². The molecule has 1 aliphatic heterocycles. The lowest BCUT2D eigenvalue weighted by molar-refractivity contribution is 0.0856. The fourth-order valence-corrected chi connectivity index (χ4v) is 3.23. The van der Waals surface area contributed by atoms with Crippen molar-refractivity contribution in [2.24, 2.45) is 0 Å². The Kier molecular flexibility index (Phi) is 7.32. The summed E-state index contributed by atoms with van der Waals surface area (Å²) in [5, 5.41) is 16.7. The zero-order chi connectivity index (χ0) is 22.9. The number of carbonyl (C=O) groups excluding carboxylic acids is 1. The van der Waals surface area contributed by atoms with E-state index in [9.17, 15) is 4.79 Å². The second-order valence-corrected chi connectivity index (χ2v) is 7.30. The van der Waals surface area contributed by atoms with Crippen molar-refractivity contribution in [2.75, 3.05) is 18.5 Å². The van der Waals surface area contributed by atoms with Crippen molar-refractivity contribution < 1.29 is 19.0 Å². The van der Waals surface area contributed by atoms with Gasteiger partial charge in [0.25, 0.3) is 5.91 Å². The average molecular weight is 447 g/mol. The van der Waals surface area contributed by atoms with Gasteiger partial charge in [-0.15, -0.1) is 16.8 Å². The number of benzene rings is 2. The highest BCUT2D eigenvalue weighted by atomic mass is 16.6. The molecule has 0 radical (unpaired) electrons. The van der Waals surface area contributed by atoms with Gasteiger partial charge in [0.05, 0.1) is 5.69 Å². The monoisotopic (exact) mass is 447 g/mol. The number of unbranched alkanes of at least 4 members (excludes halogenated alkanes) is 2. The van der Waals surface area contributed by atoms with Crippen molar-refractivity contribution in [1.82, 2.24) is 20.6 Å². The molecule has 1 aliphatic rings. The first kappa shape index (κ1) is 22.1. The molecule has 1 aromatic heterocycles. The summed E-state index contributed by atoms with van der Waals surface area (Å²) in [7, 11) is 0. The summed E-state index contributed by atoms with van der Waals surface area (Å²) >= 11 is 0. The van der Waals surface area contributed by atoms with Gasteiger partial charge in [-0.2, -0.15) is 5.21 Å². The molecular formula is C24H25N5O4. The molecule has 9 nitrogen and oxygen atoms in total. The van der Waals surface area contributed by atoms with Crippen LogP contribution < -0.4 is 19.5 Å². The van der Waals surface area contributed by atoms with E-state index in [2.05, 4.69) is 38.6 Å². The molecule has 0 spiro atoms. The third-order valence-electron chi connectivity index (χ3n) is 4.94. The van der Waals surface area contributed by atoms with Gasteiger partial charge in [-0.05, 0) is 55.7 Å². The van der Waals surface area contributed by atoms with E-state index in [-0.39, 0.29) is 12.5 Å². The highest BCUT2D eigenvalue weighted by molar-refractivity contribution is 6.05. The third-order valence-corrected chi connectivity index (χ3v) is 4.94. The number of nitrogens with zero attached hydrogens (tertiary/aromatic N) is 3. The van der Waals surface area contributed by atoms with Gasteiger partial charge in [0.2, 0.25) is 5.82 Å². The van der Waals surface area contributed by atoms with Crippen molar-refractivity contribution in [2.45, 2.75) is 25.4 Å². The maximum atomic E-state index is 12.8. The summed E-state index contributed by atoms with van der Waals surface area (Å²) in [4.78, 5) is 12.8. The normalized spacial score (nSPS) is 14.7. The Hall–Kier alpha value is -4.14. The van der Waals surface area contributed by atoms with E-state index in [1.165, 1.54) is 0 Å². The van der Waals surface area contributed by atoms with Crippen molar-refractivity contribution in [3.63, 3.8) is 0 Å². The molecule has 2 aromatic carbocycles. The molecular weight excluding hydrogens is 422 g/mol. The summed E-state index contributed by atoms with van der Waals surface area (Å²) in [5.41, 5.74) is 0.985. The third kappa shape index (κ3) is 5.76. The maximum Gasteiger partial charge on any atom is 0.255 e. The van der Waals surface area contributed by atoms with Crippen LogP contribution in [0.5, 0.6) is 17.2 Å². The maximum absolute atomic E-state index is 12.8. The largest absolute Gasteiger partial charge is 0.490 e. The Bertz CT molecular complexity index is 1100. The lowest BCUT2D eigenvalue weighted by Crippen LogP contribution is -2.24. The number of rotatable bonds is 10. The molecule has 1 amide bonds. The van der Waals surface area contributed by atoms with Crippen molar-refractivity contribution in [1.29, 1.82) is 0 Å². The van der Waals surface area contributed by atoms with Gasteiger partial charge in [-0.1, -0.05) is 29.5 Å². The predicted molar refractivity (Wildman–Crippen MR) is 123 cm³/mol. The molecule has 3 aromatic rings. The minimum absolute atomic E-state index is 0.245. The van der Waals surface area contributed by atoms with Crippen LogP contribution in [-0.2, 0) is 0 Å². The second kappa shape index (κ2) is 10.9. The zero-order valence-corrected chi connectivity index (χ0v) is 18.1. The topological polar surface area (TPSA) is 111 Å². The molecule has 1 atom stereocenters. The first-order valence-electron chi connectivity index (χ1n) is 10.7. The number of para-hydroxylation sites is 1. The number of H-pyrrole nitrogens is 1. The van der Waals surface area contributed by atoms with Crippen molar-refractivity contribution >= 4 is 11.6 Å². The van der Waals surface area contributed by atoms with Gasteiger partial charge in [0, 0.05) is 5.56 Å². The van der Waals surface area contributed by atoms with Gasteiger partial charge >= 0.3 is 0 Å². The first-order chi connectivity index (χ1) is 16.2. The van der Waals surface area contributed by atoms with Crippen molar-refractivity contribution in [3.8, 4) is 17.2 Å². The number of amides is 1. The Balaban J connectivity index is 1.35. The number of hydrogen-bond donors (Lipinski definition) is 2. The summed E-state index contributed by atoms with van der Waals surface area (Å²) in [5.74, 6) is 1.76. The number of fused-ring (bicyclic) bond motifs is 1. The van der Waals surface area contributed by atoms with Gasteiger partial charge in [-0.3, -0.25) is 4.79 Å². The quantitative estimate of drug-likeness (QED) is 0.353. The molecule has 0 aliphatic carbocycles. The molecule has 33 heavy (non-hydrogen) atoms. The van der Waals surface area contributed by atoms with Gasteiger partial charge < -0.3 is 19.5 Å². The lowest BCUT2D eigenvalue weighted by Gasteiger charge is -2.26. The number of carbonyl (C=O) groups is 1. The fourth-order valence-electron chi connectivity index (χ4n) is 3.23. The molecule has 2 N–H and O–H groups in total. The first-order valence-corrected chi connectivity index (χ1v) is 10.7. The molecule has 0 fully saturated rings. The molecule has 0 bridgehead atoms. The molecule has 1 unspecified atom stereocenters. The van der Waals surface area contributed by atoms with Crippen LogP contribution in [0, 0.1) is 0 Å². The Morgan fingerprint density at radius 2 is 2.09 bits per heavy atom.